The van der Waals surface area contributed by atoms with Crippen LogP contribution in [-0.4, -0.2) is 60.5 Å². The molecule has 2 aliphatic heterocycles. The van der Waals surface area contributed by atoms with Gasteiger partial charge in [-0.1, -0.05) is 19.8 Å². The molecule has 0 bridgehead atoms. The van der Waals surface area contributed by atoms with E-state index in [4.69, 9.17) is 0 Å². The summed E-state index contributed by atoms with van der Waals surface area (Å²) < 4.78 is 55.8. The van der Waals surface area contributed by atoms with Gasteiger partial charge in [0.15, 0.2) is 0 Å². The molecular formula is C21H34F4N4O. The van der Waals surface area contributed by atoms with Crippen molar-refractivity contribution >= 4 is 5.91 Å². The molecule has 2 saturated heterocycles. The summed E-state index contributed by atoms with van der Waals surface area (Å²) in [5.74, 6) is -2.61. The van der Waals surface area contributed by atoms with Crippen LogP contribution in [0.5, 0.6) is 0 Å². The van der Waals surface area contributed by atoms with Gasteiger partial charge in [0.2, 0.25) is 5.91 Å². The van der Waals surface area contributed by atoms with Crippen molar-refractivity contribution in [2.75, 3.05) is 20.3 Å². The van der Waals surface area contributed by atoms with E-state index in [-0.39, 0.29) is 42.9 Å². The number of hydrogen-bond acceptors (Lipinski definition) is 4. The number of alkyl halides is 4. The maximum absolute atomic E-state index is 15.2. The van der Waals surface area contributed by atoms with Gasteiger partial charge in [-0.15, -0.1) is 0 Å². The molecule has 30 heavy (non-hydrogen) atoms. The summed E-state index contributed by atoms with van der Waals surface area (Å²) >= 11 is 0. The molecule has 8 atom stereocenters. The largest absolute Gasteiger partial charge is 0.392 e. The molecule has 0 aromatic carbocycles. The van der Waals surface area contributed by atoms with Gasteiger partial charge in [-0.3, -0.25) is 9.69 Å². The molecule has 4 fully saturated rings. The maximum Gasteiger partial charge on any atom is 0.392 e. The van der Waals surface area contributed by atoms with Gasteiger partial charge in [0, 0.05) is 18.5 Å². The van der Waals surface area contributed by atoms with Crippen molar-refractivity contribution in [1.29, 1.82) is 0 Å². The summed E-state index contributed by atoms with van der Waals surface area (Å²) in [6.45, 7) is 2.72. The van der Waals surface area contributed by atoms with Gasteiger partial charge in [0.05, 0.1) is 12.6 Å². The molecule has 6 unspecified atom stereocenters. The van der Waals surface area contributed by atoms with Gasteiger partial charge >= 0.3 is 6.18 Å². The highest BCUT2D eigenvalue weighted by atomic mass is 19.4. The molecule has 2 aliphatic carbocycles. The lowest BCUT2D eigenvalue weighted by molar-refractivity contribution is -0.198. The summed E-state index contributed by atoms with van der Waals surface area (Å²) in [7, 11) is 1.86. The zero-order chi connectivity index (χ0) is 21.6. The van der Waals surface area contributed by atoms with Crippen LogP contribution in [0.25, 0.3) is 0 Å². The summed E-state index contributed by atoms with van der Waals surface area (Å²) in [6.07, 6.45) is -1.22. The van der Waals surface area contributed by atoms with E-state index in [0.29, 0.717) is 25.9 Å². The Bertz CT molecular complexity index is 633. The summed E-state index contributed by atoms with van der Waals surface area (Å²) in [4.78, 5) is 16.7. The highest BCUT2D eigenvalue weighted by Gasteiger charge is 2.55. The van der Waals surface area contributed by atoms with E-state index in [1.165, 1.54) is 0 Å². The van der Waals surface area contributed by atoms with E-state index in [1.807, 2.05) is 18.9 Å². The van der Waals surface area contributed by atoms with Crippen molar-refractivity contribution in [2.45, 2.75) is 76.4 Å². The minimum absolute atomic E-state index is 0.0576. The number of fused-ring (bicyclic) bond motifs is 1. The smallest absolute Gasteiger partial charge is 0.339 e. The summed E-state index contributed by atoms with van der Waals surface area (Å²) in [5, 5.41) is 0. The van der Waals surface area contributed by atoms with Crippen LogP contribution in [0, 0.1) is 29.6 Å². The van der Waals surface area contributed by atoms with Crippen LogP contribution in [0.15, 0.2) is 0 Å². The van der Waals surface area contributed by atoms with Crippen LogP contribution < -0.4 is 10.9 Å². The number of halogens is 4. The number of carbonyl (C=O) groups excluding carboxylic acids is 1. The lowest BCUT2D eigenvalue weighted by Crippen LogP contribution is -2.48. The van der Waals surface area contributed by atoms with Gasteiger partial charge in [-0.25, -0.2) is 15.2 Å². The molecular weight excluding hydrogens is 400 g/mol. The molecule has 5 nitrogen and oxygen atoms in total. The highest BCUT2D eigenvalue weighted by Crippen LogP contribution is 2.49. The zero-order valence-corrected chi connectivity index (χ0v) is 17.8. The lowest BCUT2D eigenvalue weighted by atomic mass is 9.73. The lowest BCUT2D eigenvalue weighted by Gasteiger charge is -2.40. The molecule has 4 rings (SSSR count). The topological polar surface area (TPSA) is 47.6 Å². The monoisotopic (exact) mass is 434 g/mol. The molecule has 2 N–H and O–H groups in total. The van der Waals surface area contributed by atoms with Crippen molar-refractivity contribution in [1.82, 2.24) is 20.7 Å². The van der Waals surface area contributed by atoms with Crippen LogP contribution in [0.3, 0.4) is 0 Å². The molecule has 0 aromatic heterocycles. The number of rotatable bonds is 4. The van der Waals surface area contributed by atoms with Gasteiger partial charge in [0.1, 0.15) is 12.3 Å². The number of nitrogens with one attached hydrogen (secondary N) is 2. The molecule has 0 spiro atoms. The second kappa shape index (κ2) is 8.54. The molecule has 2 saturated carbocycles. The van der Waals surface area contributed by atoms with Crippen molar-refractivity contribution in [3.05, 3.63) is 0 Å². The molecule has 9 heteroatoms. The van der Waals surface area contributed by atoms with Crippen LogP contribution in [-0.2, 0) is 4.79 Å². The maximum atomic E-state index is 15.2. The number of carbonyl (C=O) groups is 1. The van der Waals surface area contributed by atoms with Crippen molar-refractivity contribution in [2.24, 2.45) is 29.6 Å². The summed E-state index contributed by atoms with van der Waals surface area (Å²) in [5.41, 5.74) is 5.94. The Morgan fingerprint density at radius 1 is 1.13 bits per heavy atom. The first-order chi connectivity index (χ1) is 14.2. The number of hydrazine groups is 1. The number of nitrogens with zero attached hydrogens (tertiary/aromatic N) is 2. The Hall–Kier alpha value is -0.930. The van der Waals surface area contributed by atoms with Crippen molar-refractivity contribution < 1.29 is 22.4 Å². The Kier molecular flexibility index (Phi) is 6.34. The first kappa shape index (κ1) is 22.3. The predicted molar refractivity (Wildman–Crippen MR) is 105 cm³/mol. The van der Waals surface area contributed by atoms with Crippen molar-refractivity contribution in [3.63, 3.8) is 0 Å². The minimum Gasteiger partial charge on any atom is -0.339 e. The average molecular weight is 435 g/mol. The second-order valence-corrected chi connectivity index (χ2v) is 9.91. The first-order valence-electron chi connectivity index (χ1n) is 11.4. The zero-order valence-electron chi connectivity index (χ0n) is 17.8. The summed E-state index contributed by atoms with van der Waals surface area (Å²) in [6, 6.07) is -0.0576. The number of hydrogen-bond donors (Lipinski definition) is 2. The fraction of sp³-hybridized carbons (Fsp3) is 0.952. The standard InChI is InChI=1S/C21H34F4N4O/c1-12(18(22)19-27-26-11-28(19)2)13-5-3-6-14(9-13)29-10-16-15(20(29)30)7-4-8-17(16)21(23,24)25/h12-19,26-27H,3-11H2,1-2H3/t12-,13?,14?,15?,16?,17?,18+,19?/m0/s1. The fourth-order valence-corrected chi connectivity index (χ4v) is 6.41. The van der Waals surface area contributed by atoms with Gasteiger partial charge < -0.3 is 4.90 Å². The molecule has 0 aromatic rings. The van der Waals surface area contributed by atoms with E-state index in [1.54, 1.807) is 4.90 Å². The third kappa shape index (κ3) is 4.09. The Balaban J connectivity index is 1.42. The fourth-order valence-electron chi connectivity index (χ4n) is 6.41. The molecule has 0 radical (unpaired) electrons. The van der Waals surface area contributed by atoms with Crippen LogP contribution in [0.4, 0.5) is 17.6 Å². The molecule has 2 heterocycles. The molecule has 172 valence electrons. The van der Waals surface area contributed by atoms with Gasteiger partial charge in [0.25, 0.3) is 0 Å². The van der Waals surface area contributed by atoms with Crippen LogP contribution in [0.2, 0.25) is 0 Å². The number of likely N-dealkylation sites (tertiary alicyclic amines) is 1. The predicted octanol–water partition coefficient (Wildman–Crippen LogP) is 3.28. The number of amides is 1. The van der Waals surface area contributed by atoms with E-state index in [2.05, 4.69) is 10.9 Å². The van der Waals surface area contributed by atoms with E-state index < -0.39 is 30.1 Å². The van der Waals surface area contributed by atoms with Crippen LogP contribution >= 0.6 is 0 Å². The molecule has 1 amide bonds. The SMILES string of the molecule is C[C@@H](C1CCCC(N2CC3C(CCCC3C(F)(F)F)C2=O)C1)[C@@H](F)C1NNCN1C. The quantitative estimate of drug-likeness (QED) is 0.667. The third-order valence-electron chi connectivity index (χ3n) is 8.22. The van der Waals surface area contributed by atoms with Crippen molar-refractivity contribution in [3.8, 4) is 0 Å². The first-order valence-corrected chi connectivity index (χ1v) is 11.4. The van der Waals surface area contributed by atoms with E-state index in [9.17, 15) is 18.0 Å². The van der Waals surface area contributed by atoms with Gasteiger partial charge in [-0.2, -0.15) is 13.2 Å². The second-order valence-electron chi connectivity index (χ2n) is 9.91. The Morgan fingerprint density at radius 2 is 1.87 bits per heavy atom. The highest BCUT2D eigenvalue weighted by molar-refractivity contribution is 5.82. The van der Waals surface area contributed by atoms with Crippen LogP contribution in [0.1, 0.15) is 51.9 Å². The van der Waals surface area contributed by atoms with Gasteiger partial charge in [-0.05, 0) is 56.9 Å². The Morgan fingerprint density at radius 3 is 2.53 bits per heavy atom. The van der Waals surface area contributed by atoms with E-state index in [0.717, 1.165) is 19.3 Å². The Labute approximate surface area is 175 Å². The third-order valence-corrected chi connectivity index (χ3v) is 8.22. The van der Waals surface area contributed by atoms with E-state index >= 15 is 4.39 Å². The minimum atomic E-state index is -4.24. The molecule has 4 aliphatic rings. The average Bonchev–Trinajstić information content (AvgIpc) is 3.29. The normalized spacial score (nSPS) is 40.5.